The van der Waals surface area contributed by atoms with Crippen LogP contribution in [0.5, 0.6) is 0 Å². The number of hydrogen-bond acceptors (Lipinski definition) is 6. The van der Waals surface area contributed by atoms with Crippen LogP contribution in [0.4, 0.5) is 0 Å². The van der Waals surface area contributed by atoms with Crippen LogP contribution in [0.2, 0.25) is 0 Å². The molecule has 0 aliphatic rings. The highest BCUT2D eigenvalue weighted by Crippen LogP contribution is 2.43. The van der Waals surface area contributed by atoms with E-state index in [0.29, 0.717) is 17.4 Å². The number of unbranched alkanes of at least 4 members (excludes halogenated alkanes) is 20. The number of carbonyl (C=O) groups excluding carboxylic acids is 2. The number of quaternary nitrogens is 1. The van der Waals surface area contributed by atoms with Gasteiger partial charge in [0, 0.05) is 12.8 Å². The molecule has 3 unspecified atom stereocenters. The van der Waals surface area contributed by atoms with Crippen molar-refractivity contribution in [1.29, 1.82) is 0 Å². The van der Waals surface area contributed by atoms with Gasteiger partial charge in [-0.25, -0.2) is 4.57 Å². The fraction of sp³-hybridized carbons (Fsp3) is 0.745. The maximum absolute atomic E-state index is 13.4. The summed E-state index contributed by atoms with van der Waals surface area (Å²) in [6.07, 6.45) is 56.2. The van der Waals surface area contributed by atoms with Crippen molar-refractivity contribution in [2.24, 2.45) is 0 Å². The quantitative estimate of drug-likeness (QED) is 0.0206. The van der Waals surface area contributed by atoms with E-state index in [-0.39, 0.29) is 37.9 Å². The van der Waals surface area contributed by atoms with Crippen molar-refractivity contribution in [3.63, 3.8) is 0 Å². The number of nitrogens with zero attached hydrogens (tertiary/aromatic N) is 1. The van der Waals surface area contributed by atoms with Crippen LogP contribution < -0.4 is 5.32 Å². The number of amides is 1. The van der Waals surface area contributed by atoms with E-state index in [0.717, 1.165) is 89.9 Å². The van der Waals surface area contributed by atoms with Gasteiger partial charge in [0.05, 0.1) is 33.8 Å². The van der Waals surface area contributed by atoms with Gasteiger partial charge in [0.25, 0.3) is 0 Å². The van der Waals surface area contributed by atoms with Crippen LogP contribution in [0.25, 0.3) is 0 Å². The van der Waals surface area contributed by atoms with Gasteiger partial charge in [0.15, 0.2) is 0 Å². The molecule has 0 heterocycles. The first kappa shape index (κ1) is 62.4. The molecule has 0 aromatic carbocycles. The number of esters is 1. The number of phosphoric ester groups is 1. The second kappa shape index (κ2) is 45.2. The van der Waals surface area contributed by atoms with Crippen molar-refractivity contribution in [3.05, 3.63) is 72.9 Å². The van der Waals surface area contributed by atoms with Gasteiger partial charge in [-0.05, 0) is 89.5 Å². The lowest BCUT2D eigenvalue weighted by molar-refractivity contribution is -0.870. The summed E-state index contributed by atoms with van der Waals surface area (Å²) in [5.74, 6) is -0.588. The standard InChI is InChI=1S/C55H99N2O7P/c1-7-10-13-16-19-22-25-26-27-28-29-30-33-35-38-41-44-47-54(58)56-52(51-63-65(60,61)62-50-49-57(4,5)6)53(46-43-40-37-34-31-23-20-17-14-11-8-2)64-55(59)48-45-42-39-36-32-24-21-18-15-12-9-3/h18-19,21-22,26-27,29-30,35,38,43,46,52-53H,7-17,20,23-25,28,31-34,36-37,39-42,44-45,47-51H2,1-6H3,(H-,56,58,60,61)/p+1/b21-18-,22-19-,27-26-,30-29-,38-35-,46-43-. The lowest BCUT2D eigenvalue weighted by Gasteiger charge is -2.27. The van der Waals surface area contributed by atoms with Gasteiger partial charge in [-0.15, -0.1) is 0 Å². The first-order chi connectivity index (χ1) is 31.4. The Morgan fingerprint density at radius 1 is 0.538 bits per heavy atom. The zero-order valence-electron chi connectivity index (χ0n) is 42.7. The van der Waals surface area contributed by atoms with Crippen molar-refractivity contribution in [3.8, 4) is 0 Å². The molecule has 2 N–H and O–H groups in total. The number of nitrogens with one attached hydrogen (secondary N) is 1. The third-order valence-corrected chi connectivity index (χ3v) is 12.1. The molecule has 1 amide bonds. The Bertz CT molecular complexity index is 1350. The van der Waals surface area contributed by atoms with Crippen LogP contribution in [0.1, 0.15) is 213 Å². The van der Waals surface area contributed by atoms with Gasteiger partial charge in [-0.1, -0.05) is 184 Å². The second-order valence-corrected chi connectivity index (χ2v) is 20.1. The molecule has 0 bridgehead atoms. The third-order valence-electron chi connectivity index (χ3n) is 11.1. The Hall–Kier alpha value is -2.55. The van der Waals surface area contributed by atoms with Gasteiger partial charge >= 0.3 is 13.8 Å². The summed E-state index contributed by atoms with van der Waals surface area (Å²) in [7, 11) is 1.45. The Balaban J connectivity index is 5.50. The first-order valence-corrected chi connectivity index (χ1v) is 27.8. The monoisotopic (exact) mass is 932 g/mol. The zero-order chi connectivity index (χ0) is 48.0. The minimum absolute atomic E-state index is 0.0263. The van der Waals surface area contributed by atoms with E-state index in [1.807, 2.05) is 33.3 Å². The van der Waals surface area contributed by atoms with E-state index < -0.39 is 20.0 Å². The number of hydrogen-bond donors (Lipinski definition) is 2. The highest BCUT2D eigenvalue weighted by atomic mass is 31.2. The van der Waals surface area contributed by atoms with Crippen LogP contribution in [0, 0.1) is 0 Å². The van der Waals surface area contributed by atoms with Gasteiger partial charge in [-0.2, -0.15) is 0 Å². The molecule has 0 aliphatic carbocycles. The molecule has 0 spiro atoms. The Labute approximate surface area is 400 Å². The van der Waals surface area contributed by atoms with Crippen molar-refractivity contribution in [2.45, 2.75) is 226 Å². The van der Waals surface area contributed by atoms with Crippen molar-refractivity contribution in [2.75, 3.05) is 40.9 Å². The minimum Gasteiger partial charge on any atom is -0.456 e. The summed E-state index contributed by atoms with van der Waals surface area (Å²) in [5, 5.41) is 3.00. The summed E-state index contributed by atoms with van der Waals surface area (Å²) in [6, 6.07) is -0.879. The largest absolute Gasteiger partial charge is 0.472 e. The van der Waals surface area contributed by atoms with E-state index in [1.165, 1.54) is 83.5 Å². The normalized spacial score (nSPS) is 14.5. The van der Waals surface area contributed by atoms with Gasteiger partial charge in [0.2, 0.25) is 5.91 Å². The maximum Gasteiger partial charge on any atom is 0.472 e. The highest BCUT2D eigenvalue weighted by Gasteiger charge is 2.30. The molecule has 0 aromatic heterocycles. The Morgan fingerprint density at radius 2 is 0.969 bits per heavy atom. The van der Waals surface area contributed by atoms with Crippen LogP contribution >= 0.6 is 7.82 Å². The summed E-state index contributed by atoms with van der Waals surface area (Å²) in [5.41, 5.74) is 0. The van der Waals surface area contributed by atoms with E-state index in [1.54, 1.807) is 0 Å². The second-order valence-electron chi connectivity index (χ2n) is 18.7. The van der Waals surface area contributed by atoms with Crippen LogP contribution in [-0.2, 0) is 27.9 Å². The molecule has 65 heavy (non-hydrogen) atoms. The summed E-state index contributed by atoms with van der Waals surface area (Å²) < 4.78 is 30.4. The zero-order valence-corrected chi connectivity index (χ0v) is 43.6. The summed E-state index contributed by atoms with van der Waals surface area (Å²) in [6.45, 7) is 6.86. The fourth-order valence-electron chi connectivity index (χ4n) is 6.97. The van der Waals surface area contributed by atoms with Crippen LogP contribution in [-0.4, -0.2) is 74.3 Å². The molecule has 9 nitrogen and oxygen atoms in total. The smallest absolute Gasteiger partial charge is 0.456 e. The van der Waals surface area contributed by atoms with E-state index in [9.17, 15) is 19.0 Å². The molecule has 0 rings (SSSR count). The number of ether oxygens (including phenoxy) is 1. The fourth-order valence-corrected chi connectivity index (χ4v) is 7.71. The molecule has 0 saturated heterocycles. The van der Waals surface area contributed by atoms with Crippen molar-refractivity contribution in [1.82, 2.24) is 5.32 Å². The minimum atomic E-state index is -4.45. The maximum atomic E-state index is 13.4. The molecule has 0 saturated carbocycles. The predicted molar refractivity (Wildman–Crippen MR) is 277 cm³/mol. The number of rotatable bonds is 46. The average molecular weight is 932 g/mol. The van der Waals surface area contributed by atoms with Gasteiger partial charge in [0.1, 0.15) is 19.3 Å². The van der Waals surface area contributed by atoms with Crippen LogP contribution in [0.3, 0.4) is 0 Å². The topological polar surface area (TPSA) is 111 Å². The molecule has 3 atom stereocenters. The lowest BCUT2D eigenvalue weighted by Crippen LogP contribution is -2.47. The SMILES string of the molecule is CCCC/C=C\CCCCCCCC(=O)OC(/C=C\CCCCCCCCCCC)C(COP(=O)(O)OCC[N+](C)(C)C)NC(=O)CCC/C=C\C/C=C\C/C=C\C/C=C\CCCCC. The molecule has 0 radical (unpaired) electrons. The van der Waals surface area contributed by atoms with Crippen molar-refractivity contribution >= 4 is 19.7 Å². The molecule has 376 valence electrons. The Kier molecular flexibility index (Phi) is 43.5. The highest BCUT2D eigenvalue weighted by molar-refractivity contribution is 7.47. The van der Waals surface area contributed by atoms with E-state index in [2.05, 4.69) is 86.8 Å². The number of likely N-dealkylation sites (N-methyl/N-ethyl adjacent to an activating group) is 1. The first-order valence-electron chi connectivity index (χ1n) is 26.3. The molecule has 0 fully saturated rings. The summed E-state index contributed by atoms with van der Waals surface area (Å²) in [4.78, 5) is 37.3. The molecular formula is C55H100N2O7P+. The third kappa shape index (κ3) is 46.4. The number of allylic oxidation sites excluding steroid dienone is 11. The number of carbonyl (C=O) groups is 2. The molecule has 10 heteroatoms. The van der Waals surface area contributed by atoms with Crippen molar-refractivity contribution < 1.29 is 37.3 Å². The van der Waals surface area contributed by atoms with E-state index in [4.69, 9.17) is 13.8 Å². The molecule has 0 aromatic rings. The van der Waals surface area contributed by atoms with Gasteiger partial charge < -0.3 is 19.4 Å². The predicted octanol–water partition coefficient (Wildman–Crippen LogP) is 15.3. The molecule has 0 aliphatic heterocycles. The summed E-state index contributed by atoms with van der Waals surface area (Å²) >= 11 is 0. The van der Waals surface area contributed by atoms with E-state index >= 15 is 0 Å². The Morgan fingerprint density at radius 3 is 1.52 bits per heavy atom. The number of phosphoric acid groups is 1. The van der Waals surface area contributed by atoms with Crippen LogP contribution in [0.15, 0.2) is 72.9 Å². The lowest BCUT2D eigenvalue weighted by atomic mass is 10.1. The average Bonchev–Trinajstić information content (AvgIpc) is 3.26. The van der Waals surface area contributed by atoms with Gasteiger partial charge in [-0.3, -0.25) is 18.6 Å². The molecular weight excluding hydrogens is 832 g/mol.